The number of alkyl halides is 3. The molecule has 0 spiro atoms. The number of halogens is 4. The number of carbonyl (C=O) groups is 5. The van der Waals surface area contributed by atoms with Crippen molar-refractivity contribution >= 4 is 45.5 Å². The van der Waals surface area contributed by atoms with Gasteiger partial charge >= 0.3 is 6.18 Å². The van der Waals surface area contributed by atoms with Crippen LogP contribution in [0.25, 0.3) is 11.1 Å². The quantitative estimate of drug-likeness (QED) is 0.120. The van der Waals surface area contributed by atoms with Crippen LogP contribution in [0, 0.1) is 5.82 Å². The summed E-state index contributed by atoms with van der Waals surface area (Å²) >= 11 is 0. The fourth-order valence-electron chi connectivity index (χ4n) is 7.90. The Morgan fingerprint density at radius 2 is 1.64 bits per heavy atom. The van der Waals surface area contributed by atoms with Crippen molar-refractivity contribution in [2.24, 2.45) is 0 Å². The Bertz CT molecular complexity index is 2380. The predicted octanol–water partition coefficient (Wildman–Crippen LogP) is 4.31. The smallest absolute Gasteiger partial charge is 0.367 e. The van der Waals surface area contributed by atoms with Gasteiger partial charge in [-0.15, -0.1) is 0 Å². The van der Waals surface area contributed by atoms with E-state index in [9.17, 15) is 37.1 Å². The van der Waals surface area contributed by atoms with E-state index in [2.05, 4.69) is 47.0 Å². The Morgan fingerprint density at radius 3 is 2.32 bits per heavy atom. The van der Waals surface area contributed by atoms with Gasteiger partial charge < -0.3 is 10.2 Å². The van der Waals surface area contributed by atoms with Crippen LogP contribution in [-0.4, -0.2) is 103 Å². The number of carbonyl (C=O) groups excluding carboxylic acids is 5. The zero-order valence-corrected chi connectivity index (χ0v) is 33.1. The minimum atomic E-state index is -4.53. The number of nitrogens with zero attached hydrogens (tertiary/aromatic N) is 5. The number of piperidine rings is 1. The summed E-state index contributed by atoms with van der Waals surface area (Å²) in [6, 6.07) is 17.5. The van der Waals surface area contributed by atoms with E-state index in [0.717, 1.165) is 47.1 Å². The lowest BCUT2D eigenvalue weighted by atomic mass is 9.92. The van der Waals surface area contributed by atoms with Crippen molar-refractivity contribution in [1.82, 2.24) is 35.6 Å². The molecule has 18 heteroatoms. The Balaban J connectivity index is 0.847. The lowest BCUT2D eigenvalue weighted by molar-refractivity contribution is -0.182. The summed E-state index contributed by atoms with van der Waals surface area (Å²) in [4.78, 5) is 72.4. The van der Waals surface area contributed by atoms with Gasteiger partial charge in [0.1, 0.15) is 23.1 Å². The number of aromatic amines is 1. The molecule has 3 aliphatic heterocycles. The van der Waals surface area contributed by atoms with E-state index in [1.807, 2.05) is 47.4 Å². The zero-order valence-electron chi connectivity index (χ0n) is 32.1. The highest BCUT2D eigenvalue weighted by atomic mass is 28.1. The van der Waals surface area contributed by atoms with Gasteiger partial charge in [-0.1, -0.05) is 42.5 Å². The summed E-state index contributed by atoms with van der Waals surface area (Å²) in [6.45, 7) is 4.73. The lowest BCUT2D eigenvalue weighted by Crippen LogP contribution is -2.54. The molecule has 305 valence electrons. The first-order valence-electron chi connectivity index (χ1n) is 19.2. The van der Waals surface area contributed by atoms with E-state index in [1.54, 1.807) is 0 Å². The van der Waals surface area contributed by atoms with Crippen molar-refractivity contribution < 1.29 is 41.5 Å². The Hall–Kier alpha value is -5.75. The third-order valence-electron chi connectivity index (χ3n) is 11.8. The van der Waals surface area contributed by atoms with E-state index in [0.29, 0.717) is 39.1 Å². The Kier molecular flexibility index (Phi) is 10.1. The molecule has 3 atom stereocenters. The number of amides is 5. The third-order valence-corrected chi connectivity index (χ3v) is 12.6. The summed E-state index contributed by atoms with van der Waals surface area (Å²) in [5.74, 6) is -3.94. The molecule has 3 fully saturated rings. The summed E-state index contributed by atoms with van der Waals surface area (Å²) in [7, 11) is 3.65. The highest BCUT2D eigenvalue weighted by Crippen LogP contribution is 2.63. The van der Waals surface area contributed by atoms with Crippen molar-refractivity contribution in [3.8, 4) is 11.1 Å². The van der Waals surface area contributed by atoms with Crippen LogP contribution >= 0.6 is 0 Å². The van der Waals surface area contributed by atoms with Gasteiger partial charge in [0.2, 0.25) is 17.7 Å². The molecule has 4 aromatic rings. The molecule has 3 aromatic carbocycles. The second-order valence-corrected chi connectivity index (χ2v) is 16.9. The highest BCUT2D eigenvalue weighted by Gasteiger charge is 2.56. The monoisotopic (exact) mass is 827 g/mol. The number of hydrogen-bond donors (Lipinski definition) is 3. The van der Waals surface area contributed by atoms with Gasteiger partial charge in [0.15, 0.2) is 5.82 Å². The van der Waals surface area contributed by atoms with Crippen LogP contribution < -0.4 is 15.5 Å². The van der Waals surface area contributed by atoms with Gasteiger partial charge in [0.05, 0.1) is 23.4 Å². The van der Waals surface area contributed by atoms with Crippen molar-refractivity contribution in [2.75, 3.05) is 31.1 Å². The van der Waals surface area contributed by atoms with E-state index >= 15 is 4.39 Å². The van der Waals surface area contributed by atoms with Crippen LogP contribution in [0.15, 0.2) is 60.7 Å². The lowest BCUT2D eigenvalue weighted by Gasteiger charge is -2.36. The number of anilines is 1. The topological polar surface area (TPSA) is 161 Å². The van der Waals surface area contributed by atoms with Gasteiger partial charge in [-0.25, -0.2) is 9.37 Å². The summed E-state index contributed by atoms with van der Waals surface area (Å²) in [5.41, 5.74) is 1.95. The first-order valence-corrected chi connectivity index (χ1v) is 19.7. The Labute approximate surface area is 339 Å². The SMILES string of the molecule is CC(C)(c1n[nH]c(CNC(=O)C2([Si])C[C@@H]2c2ccc(-c3cccc(CN4CCN(c5cc6c(cc5F)C(=O)N(C5CCC(=O)NC5=O)C6=O)CC4)c3)cc2)n1)C(F)(F)F. The van der Waals surface area contributed by atoms with Crippen LogP contribution in [0.5, 0.6) is 0 Å². The van der Waals surface area contributed by atoms with Crippen molar-refractivity contribution in [3.05, 3.63) is 100 Å². The largest absolute Gasteiger partial charge is 0.401 e. The number of imide groups is 2. The maximum absolute atomic E-state index is 15.5. The summed E-state index contributed by atoms with van der Waals surface area (Å²) < 4.78 is 55.6. The summed E-state index contributed by atoms with van der Waals surface area (Å²) in [6.07, 6.45) is -3.98. The fourth-order valence-corrected chi connectivity index (χ4v) is 8.36. The van der Waals surface area contributed by atoms with Crippen LogP contribution in [-0.2, 0) is 32.9 Å². The molecule has 4 heterocycles. The average molecular weight is 828 g/mol. The molecule has 4 aliphatic rings. The second-order valence-electron chi connectivity index (χ2n) is 16.0. The normalized spacial score (nSPS) is 22.4. The average Bonchev–Trinajstić information content (AvgIpc) is 3.55. The standard InChI is InChI=1S/C41H39F4N8O5Si/c1-39(2,41(43,44)45)37-47-32(49-50-37)20-46-38(58)40(59)19-28(40)24-8-6-23(7-9-24)25-5-3-4-22(16-25)21-51-12-14-52(15-13-51)31-18-27-26(17-29(31)42)35(56)53(36(27)57)30-10-11-33(54)48-34(30)55/h3-9,16-18,28,30H,10-15,19-21H2,1-2H3,(H,46,58)(H,47,49,50)(H,48,54,55)/t28-,30?,40?/m1/s1. The minimum Gasteiger partial charge on any atom is -0.367 e. The number of benzene rings is 3. The van der Waals surface area contributed by atoms with Gasteiger partial charge in [-0.2, -0.15) is 18.3 Å². The molecule has 3 N–H and O–H groups in total. The number of rotatable bonds is 10. The van der Waals surface area contributed by atoms with Gasteiger partial charge in [0, 0.05) is 54.4 Å². The molecule has 2 saturated heterocycles. The van der Waals surface area contributed by atoms with E-state index < -0.39 is 57.9 Å². The number of nitrogens with one attached hydrogen (secondary N) is 3. The van der Waals surface area contributed by atoms with Crippen molar-refractivity contribution in [1.29, 1.82) is 0 Å². The van der Waals surface area contributed by atoms with E-state index in [1.165, 1.54) is 6.07 Å². The van der Waals surface area contributed by atoms with Gasteiger partial charge in [-0.3, -0.25) is 44.2 Å². The fraction of sp³-hybridized carbons (Fsp3) is 0.390. The van der Waals surface area contributed by atoms with Crippen LogP contribution in [0.4, 0.5) is 23.2 Å². The first-order chi connectivity index (χ1) is 27.9. The van der Waals surface area contributed by atoms with Crippen LogP contribution in [0.3, 0.4) is 0 Å². The molecule has 1 saturated carbocycles. The molecule has 1 aromatic heterocycles. The molecule has 2 unspecified atom stereocenters. The molecule has 8 rings (SSSR count). The molecule has 0 bridgehead atoms. The minimum absolute atomic E-state index is 0.00692. The Morgan fingerprint density at radius 1 is 0.949 bits per heavy atom. The summed E-state index contributed by atoms with van der Waals surface area (Å²) in [5, 5.41) is 10.3. The number of aromatic nitrogens is 3. The molecule has 13 nitrogen and oxygen atoms in total. The molecule has 1 aliphatic carbocycles. The highest BCUT2D eigenvalue weighted by molar-refractivity contribution is 6.32. The van der Waals surface area contributed by atoms with Crippen LogP contribution in [0.1, 0.15) is 82.5 Å². The number of fused-ring (bicyclic) bond motifs is 1. The third kappa shape index (κ3) is 7.43. The molecular formula is C41H39F4N8O5Si. The van der Waals surface area contributed by atoms with Gasteiger partial charge in [-0.05, 0) is 73.1 Å². The predicted molar refractivity (Wildman–Crippen MR) is 206 cm³/mol. The van der Waals surface area contributed by atoms with Crippen molar-refractivity contribution in [3.63, 3.8) is 0 Å². The zero-order chi connectivity index (χ0) is 42.0. The number of hydrogen-bond acceptors (Lipinski definition) is 9. The second kappa shape index (κ2) is 14.8. The van der Waals surface area contributed by atoms with E-state index in [4.69, 9.17) is 0 Å². The number of piperazine rings is 1. The van der Waals surface area contributed by atoms with E-state index in [-0.39, 0.29) is 53.9 Å². The molecule has 59 heavy (non-hydrogen) atoms. The van der Waals surface area contributed by atoms with Gasteiger partial charge in [0.25, 0.3) is 11.8 Å². The molecular weight excluding hydrogens is 789 g/mol. The maximum atomic E-state index is 15.5. The maximum Gasteiger partial charge on any atom is 0.401 e. The molecule has 5 amide bonds. The van der Waals surface area contributed by atoms with Crippen molar-refractivity contribution in [2.45, 2.75) is 74.8 Å². The number of H-pyrrole nitrogens is 1. The van der Waals surface area contributed by atoms with Crippen LogP contribution in [0.2, 0.25) is 5.04 Å². The first kappa shape index (κ1) is 40.0. The molecule has 3 radical (unpaired) electrons.